The molecule has 0 unspecified atom stereocenters. The highest BCUT2D eigenvalue weighted by atomic mass is 32.1. The number of nitrogens with one attached hydrogen (secondary N) is 2. The van der Waals surface area contributed by atoms with Gasteiger partial charge in [-0.15, -0.1) is 0 Å². The predicted octanol–water partition coefficient (Wildman–Crippen LogP) is -1.91. The molecule has 9 heteroatoms. The summed E-state index contributed by atoms with van der Waals surface area (Å²) in [6.45, 7) is -0.245. The van der Waals surface area contributed by atoms with E-state index in [0.717, 1.165) is 4.57 Å². The lowest BCUT2D eigenvalue weighted by Gasteiger charge is -2.04. The second kappa shape index (κ2) is 6.09. The summed E-state index contributed by atoms with van der Waals surface area (Å²) in [4.78, 5) is 47.8. The molecule has 0 aromatic carbocycles. The molecule has 1 rings (SSSR count). The number of aromatic amines is 2. The third kappa shape index (κ3) is 3.94. The molecule has 0 radical (unpaired) electrons. The molecule has 0 bridgehead atoms. The van der Waals surface area contributed by atoms with Crippen molar-refractivity contribution in [2.24, 2.45) is 0 Å². The Hall–Kier alpha value is -1.77. The number of carbonyl (C=O) groups is 1. The van der Waals surface area contributed by atoms with E-state index in [1.807, 2.05) is 9.97 Å². The van der Waals surface area contributed by atoms with Gasteiger partial charge in [0.15, 0.2) is 0 Å². The van der Waals surface area contributed by atoms with Gasteiger partial charge in [0.1, 0.15) is 6.61 Å². The Kier molecular flexibility index (Phi) is 4.76. The van der Waals surface area contributed by atoms with Crippen LogP contribution in [0.1, 0.15) is 6.42 Å². The molecule has 0 amide bonds. The summed E-state index contributed by atoms with van der Waals surface area (Å²) in [5, 5.41) is 0. The van der Waals surface area contributed by atoms with E-state index in [9.17, 15) is 19.2 Å². The van der Waals surface area contributed by atoms with Crippen LogP contribution in [0.15, 0.2) is 14.4 Å². The minimum atomic E-state index is -0.872. The molecular weight excluding hydrogens is 250 g/mol. The first-order valence-electron chi connectivity index (χ1n) is 4.74. The van der Waals surface area contributed by atoms with E-state index in [0.29, 0.717) is 5.75 Å². The average molecular weight is 261 g/mol. The molecule has 1 aromatic rings. The number of aromatic nitrogens is 3. The number of hydrogen-bond acceptors (Lipinski definition) is 6. The Morgan fingerprint density at radius 3 is 2.35 bits per heavy atom. The van der Waals surface area contributed by atoms with Crippen molar-refractivity contribution >= 4 is 18.6 Å². The summed E-state index contributed by atoms with van der Waals surface area (Å²) in [7, 11) is 0. The Morgan fingerprint density at radius 1 is 1.24 bits per heavy atom. The average Bonchev–Trinajstić information content (AvgIpc) is 2.22. The second-order valence-corrected chi connectivity index (χ2v) is 3.48. The van der Waals surface area contributed by atoms with Gasteiger partial charge in [0.05, 0.1) is 13.0 Å². The van der Waals surface area contributed by atoms with Crippen molar-refractivity contribution in [2.75, 3.05) is 12.4 Å². The van der Waals surface area contributed by atoms with Gasteiger partial charge in [-0.05, 0) is 0 Å². The maximum Gasteiger partial charge on any atom is 0.333 e. The first-order chi connectivity index (χ1) is 8.04. The number of H-pyrrole nitrogens is 2. The van der Waals surface area contributed by atoms with Crippen molar-refractivity contribution in [3.63, 3.8) is 0 Å². The molecule has 17 heavy (non-hydrogen) atoms. The number of ether oxygens (including phenoxy) is 1. The first-order valence-corrected chi connectivity index (χ1v) is 5.37. The summed E-state index contributed by atoms with van der Waals surface area (Å²) >= 11 is 3.85. The highest BCUT2D eigenvalue weighted by molar-refractivity contribution is 7.80. The molecule has 1 aromatic heterocycles. The number of carbonyl (C=O) groups excluding carboxylic acids is 1. The largest absolute Gasteiger partial charge is 0.464 e. The van der Waals surface area contributed by atoms with Crippen LogP contribution in [0, 0.1) is 0 Å². The van der Waals surface area contributed by atoms with E-state index in [2.05, 4.69) is 12.6 Å². The van der Waals surface area contributed by atoms with E-state index >= 15 is 0 Å². The van der Waals surface area contributed by atoms with Gasteiger partial charge in [-0.3, -0.25) is 14.8 Å². The summed E-state index contributed by atoms with van der Waals surface area (Å²) < 4.78 is 5.47. The number of thiol groups is 1. The number of hydrogen-bond donors (Lipinski definition) is 3. The number of esters is 1. The van der Waals surface area contributed by atoms with Gasteiger partial charge in [0.2, 0.25) is 0 Å². The van der Waals surface area contributed by atoms with Crippen molar-refractivity contribution in [3.8, 4) is 0 Å². The Balaban J connectivity index is 2.65. The smallest absolute Gasteiger partial charge is 0.333 e. The van der Waals surface area contributed by atoms with Crippen molar-refractivity contribution in [1.82, 2.24) is 14.5 Å². The standard InChI is InChI=1S/C8H11N3O5S/c12-5(1-4-17)16-3-2-11-7(14)9-6(13)10-8(11)15/h17H,1-4H2,(H2,9,10,13,14,15). The van der Waals surface area contributed by atoms with Crippen LogP contribution in [0.3, 0.4) is 0 Å². The van der Waals surface area contributed by atoms with Gasteiger partial charge in [-0.1, -0.05) is 0 Å². The van der Waals surface area contributed by atoms with E-state index in [1.165, 1.54) is 0 Å². The lowest BCUT2D eigenvalue weighted by molar-refractivity contribution is -0.143. The van der Waals surface area contributed by atoms with Crippen LogP contribution in [0.5, 0.6) is 0 Å². The first kappa shape index (κ1) is 13.3. The van der Waals surface area contributed by atoms with Crippen LogP contribution in [0.4, 0.5) is 0 Å². The molecule has 8 nitrogen and oxygen atoms in total. The Bertz CT molecular complexity index is 523. The highest BCUT2D eigenvalue weighted by Gasteiger charge is 2.05. The lowest BCUT2D eigenvalue weighted by Crippen LogP contribution is -2.44. The number of nitrogens with zero attached hydrogens (tertiary/aromatic N) is 1. The second-order valence-electron chi connectivity index (χ2n) is 3.04. The van der Waals surface area contributed by atoms with E-state index < -0.39 is 23.0 Å². The topological polar surface area (TPSA) is 114 Å². The van der Waals surface area contributed by atoms with Gasteiger partial charge < -0.3 is 4.74 Å². The number of rotatable bonds is 5. The van der Waals surface area contributed by atoms with Crippen LogP contribution < -0.4 is 17.1 Å². The van der Waals surface area contributed by atoms with Crippen molar-refractivity contribution in [3.05, 3.63) is 31.5 Å². The molecular formula is C8H11N3O5S. The Morgan fingerprint density at radius 2 is 1.82 bits per heavy atom. The zero-order valence-electron chi connectivity index (χ0n) is 8.76. The van der Waals surface area contributed by atoms with Gasteiger partial charge in [-0.25, -0.2) is 19.0 Å². The molecule has 0 aliphatic rings. The monoisotopic (exact) mass is 261 g/mol. The van der Waals surface area contributed by atoms with E-state index in [4.69, 9.17) is 4.74 Å². The summed E-state index contributed by atoms with van der Waals surface area (Å²) in [5.74, 6) is -0.105. The SMILES string of the molecule is O=C(CCS)OCCn1c(=O)[nH]c(=O)[nH]c1=O. The van der Waals surface area contributed by atoms with Gasteiger partial charge in [-0.2, -0.15) is 12.6 Å². The fraction of sp³-hybridized carbons (Fsp3) is 0.500. The molecule has 0 spiro atoms. The van der Waals surface area contributed by atoms with Gasteiger partial charge in [0, 0.05) is 5.75 Å². The van der Waals surface area contributed by atoms with Crippen molar-refractivity contribution < 1.29 is 9.53 Å². The minimum absolute atomic E-state index is 0.122. The highest BCUT2D eigenvalue weighted by Crippen LogP contribution is 1.88. The lowest BCUT2D eigenvalue weighted by atomic mass is 10.5. The van der Waals surface area contributed by atoms with Crippen LogP contribution in [0.25, 0.3) is 0 Å². The predicted molar refractivity (Wildman–Crippen MR) is 61.4 cm³/mol. The third-order valence-corrected chi connectivity index (χ3v) is 2.05. The fourth-order valence-corrected chi connectivity index (χ4v) is 1.25. The van der Waals surface area contributed by atoms with Crippen LogP contribution in [-0.2, 0) is 16.1 Å². The van der Waals surface area contributed by atoms with Crippen LogP contribution in [0.2, 0.25) is 0 Å². The maximum atomic E-state index is 11.2. The normalized spacial score (nSPS) is 10.2. The third-order valence-electron chi connectivity index (χ3n) is 1.83. The zero-order valence-corrected chi connectivity index (χ0v) is 9.66. The molecule has 0 fully saturated rings. The van der Waals surface area contributed by atoms with Crippen LogP contribution >= 0.6 is 12.6 Å². The molecule has 2 N–H and O–H groups in total. The Labute approximate surface area is 100 Å². The molecule has 0 saturated heterocycles. The van der Waals surface area contributed by atoms with Crippen molar-refractivity contribution in [2.45, 2.75) is 13.0 Å². The minimum Gasteiger partial charge on any atom is -0.464 e. The molecule has 0 saturated carbocycles. The summed E-state index contributed by atoms with van der Waals surface area (Å²) in [6.07, 6.45) is 0.153. The summed E-state index contributed by atoms with van der Waals surface area (Å²) in [6, 6.07) is 0. The molecule has 94 valence electrons. The van der Waals surface area contributed by atoms with Crippen molar-refractivity contribution in [1.29, 1.82) is 0 Å². The molecule has 1 heterocycles. The molecule has 0 aliphatic heterocycles. The van der Waals surface area contributed by atoms with Gasteiger partial charge >= 0.3 is 23.0 Å². The van der Waals surface area contributed by atoms with E-state index in [1.54, 1.807) is 0 Å². The van der Waals surface area contributed by atoms with Gasteiger partial charge in [0.25, 0.3) is 0 Å². The summed E-state index contributed by atoms with van der Waals surface area (Å²) in [5.41, 5.74) is -2.56. The maximum absolute atomic E-state index is 11.2. The van der Waals surface area contributed by atoms with Crippen LogP contribution in [-0.4, -0.2) is 32.9 Å². The quantitative estimate of drug-likeness (QED) is 0.422. The molecule has 0 atom stereocenters. The fourth-order valence-electron chi connectivity index (χ4n) is 1.07. The van der Waals surface area contributed by atoms with E-state index in [-0.39, 0.29) is 19.6 Å². The zero-order chi connectivity index (χ0) is 12.8. The molecule has 0 aliphatic carbocycles.